The molecule has 5 rings (SSSR count). The summed E-state index contributed by atoms with van der Waals surface area (Å²) in [6.45, 7) is 2.64. The number of piperidine rings is 1. The topological polar surface area (TPSA) is 75.4 Å². The van der Waals surface area contributed by atoms with Crippen LogP contribution in [0.1, 0.15) is 24.3 Å². The molecule has 1 amide bonds. The van der Waals surface area contributed by atoms with Gasteiger partial charge in [-0.2, -0.15) is 0 Å². The van der Waals surface area contributed by atoms with Crippen LogP contribution in [0.3, 0.4) is 0 Å². The Bertz CT molecular complexity index is 1340. The summed E-state index contributed by atoms with van der Waals surface area (Å²) < 4.78 is 16.8. The first-order valence-electron chi connectivity index (χ1n) is 12.4. The lowest BCUT2D eigenvalue weighted by molar-refractivity contribution is 0.0599. The van der Waals surface area contributed by atoms with Gasteiger partial charge in [-0.3, -0.25) is 0 Å². The Hall–Kier alpha value is -3.55. The van der Waals surface area contributed by atoms with Crippen LogP contribution in [0.4, 0.5) is 4.79 Å². The third-order valence-corrected chi connectivity index (χ3v) is 6.78. The van der Waals surface area contributed by atoms with Gasteiger partial charge in [-0.15, -0.1) is 0 Å². The van der Waals surface area contributed by atoms with Gasteiger partial charge in [0, 0.05) is 26.7 Å². The van der Waals surface area contributed by atoms with Gasteiger partial charge in [0.15, 0.2) is 0 Å². The molecule has 7 nitrogen and oxygen atoms in total. The molecule has 1 aliphatic rings. The Morgan fingerprint density at radius 1 is 1.06 bits per heavy atom. The minimum Gasteiger partial charge on any atom is -0.490 e. The van der Waals surface area contributed by atoms with Crippen molar-refractivity contribution in [1.82, 2.24) is 9.80 Å². The Kier molecular flexibility index (Phi) is 7.11. The summed E-state index contributed by atoms with van der Waals surface area (Å²) in [5.74, 6) is 1.24. The molecule has 2 heterocycles. The van der Waals surface area contributed by atoms with Crippen LogP contribution in [0.5, 0.6) is 11.7 Å². The van der Waals surface area contributed by atoms with E-state index >= 15 is 0 Å². The molecule has 7 heteroatoms. The van der Waals surface area contributed by atoms with Gasteiger partial charge in [-0.25, -0.2) is 4.79 Å². The summed E-state index contributed by atoms with van der Waals surface area (Å²) in [5.41, 5.74) is 1.96. The second-order valence-electron chi connectivity index (χ2n) is 9.64. The lowest BCUT2D eigenvalue weighted by atomic mass is 9.88. The number of likely N-dealkylation sites (tertiary alicyclic amines) is 1. The summed E-state index contributed by atoms with van der Waals surface area (Å²) in [4.78, 5) is 15.4. The van der Waals surface area contributed by atoms with E-state index in [9.17, 15) is 9.90 Å². The smallest absolute Gasteiger partial charge is 0.417 e. The van der Waals surface area contributed by atoms with E-state index in [0.717, 1.165) is 25.9 Å². The van der Waals surface area contributed by atoms with Crippen molar-refractivity contribution >= 4 is 27.8 Å². The molecule has 1 N–H and O–H groups in total. The molecule has 1 unspecified atom stereocenters. The second-order valence-corrected chi connectivity index (χ2v) is 9.64. The monoisotopic (exact) mass is 488 g/mol. The van der Waals surface area contributed by atoms with Crippen molar-refractivity contribution < 1.29 is 23.8 Å². The highest BCUT2D eigenvalue weighted by Gasteiger charge is 2.23. The molecular formula is C29H32N2O5. The van der Waals surface area contributed by atoms with Crippen LogP contribution >= 0.6 is 0 Å². The molecule has 0 radical (unpaired) electrons. The molecule has 1 atom stereocenters. The fourth-order valence-corrected chi connectivity index (χ4v) is 4.81. The maximum absolute atomic E-state index is 11.8. The van der Waals surface area contributed by atoms with Crippen molar-refractivity contribution in [3.63, 3.8) is 0 Å². The van der Waals surface area contributed by atoms with Gasteiger partial charge in [0.25, 0.3) is 5.95 Å². The van der Waals surface area contributed by atoms with E-state index in [0.29, 0.717) is 29.2 Å². The third kappa shape index (κ3) is 5.48. The van der Waals surface area contributed by atoms with Crippen LogP contribution in [-0.2, 0) is 0 Å². The largest absolute Gasteiger partial charge is 0.490 e. The van der Waals surface area contributed by atoms with E-state index in [-0.39, 0.29) is 12.6 Å². The average Bonchev–Trinajstić information content (AvgIpc) is 3.30. The van der Waals surface area contributed by atoms with Gasteiger partial charge >= 0.3 is 6.09 Å². The molecule has 36 heavy (non-hydrogen) atoms. The van der Waals surface area contributed by atoms with Gasteiger partial charge in [0.2, 0.25) is 0 Å². The van der Waals surface area contributed by atoms with Crippen molar-refractivity contribution in [2.75, 3.05) is 40.3 Å². The van der Waals surface area contributed by atoms with E-state index < -0.39 is 12.2 Å². The van der Waals surface area contributed by atoms with Crippen LogP contribution in [0, 0.1) is 0 Å². The molecular weight excluding hydrogens is 456 g/mol. The molecule has 0 bridgehead atoms. The number of amides is 1. The number of hydrogen-bond donors (Lipinski definition) is 1. The molecule has 1 aromatic heterocycles. The lowest BCUT2D eigenvalue weighted by Gasteiger charge is -2.33. The van der Waals surface area contributed by atoms with E-state index in [1.54, 1.807) is 26.2 Å². The number of rotatable bonds is 7. The van der Waals surface area contributed by atoms with Gasteiger partial charge in [0.05, 0.1) is 5.39 Å². The minimum atomic E-state index is -0.615. The summed E-state index contributed by atoms with van der Waals surface area (Å²) >= 11 is 0. The Balaban J connectivity index is 1.13. The highest BCUT2D eigenvalue weighted by Crippen LogP contribution is 2.33. The molecule has 1 saturated heterocycles. The maximum atomic E-state index is 11.8. The summed E-state index contributed by atoms with van der Waals surface area (Å²) in [6.07, 6.45) is 1.02. The highest BCUT2D eigenvalue weighted by molar-refractivity contribution is 5.86. The van der Waals surface area contributed by atoms with Crippen molar-refractivity contribution in [2.24, 2.45) is 0 Å². The Morgan fingerprint density at radius 3 is 2.61 bits per heavy atom. The molecule has 1 aliphatic heterocycles. The number of fused-ring (bicyclic) bond motifs is 2. The number of ether oxygens (including phenoxy) is 2. The predicted octanol–water partition coefficient (Wildman–Crippen LogP) is 5.27. The average molecular weight is 489 g/mol. The Labute approximate surface area is 210 Å². The van der Waals surface area contributed by atoms with E-state index in [1.165, 1.54) is 21.2 Å². The second kappa shape index (κ2) is 10.6. The summed E-state index contributed by atoms with van der Waals surface area (Å²) in [5, 5.41) is 13.9. The summed E-state index contributed by atoms with van der Waals surface area (Å²) in [7, 11) is 3.21. The fraction of sp³-hybridized carbons (Fsp3) is 0.345. The minimum absolute atomic E-state index is 0.106. The standard InChI is InChI=1S/C29H32N2O5/c1-30(2)29(33)36-28-17-25-26(8-5-9-27(25)35-28)34-19-24(32)18-31-14-12-21(13-15-31)23-11-10-20-6-3-4-7-22(20)16-23/h3-11,16-17,21,24,32H,12-15,18-19H2,1-2H3. The van der Waals surface area contributed by atoms with Crippen LogP contribution in [-0.4, -0.2) is 67.4 Å². The predicted molar refractivity (Wildman–Crippen MR) is 140 cm³/mol. The number of aliphatic hydroxyl groups excluding tert-OH is 1. The van der Waals surface area contributed by atoms with Crippen LogP contribution in [0.15, 0.2) is 71.1 Å². The van der Waals surface area contributed by atoms with Crippen molar-refractivity contribution in [3.8, 4) is 11.7 Å². The van der Waals surface area contributed by atoms with E-state index in [1.807, 2.05) is 12.1 Å². The van der Waals surface area contributed by atoms with Crippen LogP contribution < -0.4 is 9.47 Å². The highest BCUT2D eigenvalue weighted by atomic mass is 16.6. The molecule has 4 aromatic rings. The van der Waals surface area contributed by atoms with Gasteiger partial charge in [-0.05, 0) is 60.3 Å². The molecule has 188 valence electrons. The zero-order chi connectivity index (χ0) is 25.1. The number of β-amino-alcohol motifs (C(OH)–C–C–N with tert-alkyl or cyclic N) is 1. The number of carbonyl (C=O) groups is 1. The number of hydrogen-bond acceptors (Lipinski definition) is 6. The molecule has 0 saturated carbocycles. The quantitative estimate of drug-likeness (QED) is 0.382. The number of aliphatic hydroxyl groups is 1. The zero-order valence-electron chi connectivity index (χ0n) is 20.7. The SMILES string of the molecule is CN(C)C(=O)Oc1cc2c(OCC(O)CN3CCC(c4ccc5ccccc5c4)CC3)cccc2o1. The Morgan fingerprint density at radius 2 is 1.83 bits per heavy atom. The number of benzene rings is 3. The fourth-order valence-electron chi connectivity index (χ4n) is 4.81. The maximum Gasteiger partial charge on any atom is 0.417 e. The summed E-state index contributed by atoms with van der Waals surface area (Å²) in [6, 6.07) is 22.3. The first-order chi connectivity index (χ1) is 17.5. The van der Waals surface area contributed by atoms with Crippen molar-refractivity contribution in [2.45, 2.75) is 24.9 Å². The molecule has 3 aromatic carbocycles. The molecule has 0 aliphatic carbocycles. The number of carbonyl (C=O) groups excluding carboxylic acids is 1. The van der Waals surface area contributed by atoms with Crippen LogP contribution in [0.25, 0.3) is 21.7 Å². The normalized spacial score (nSPS) is 15.8. The number of nitrogens with zero attached hydrogens (tertiary/aromatic N) is 2. The van der Waals surface area contributed by atoms with E-state index in [4.69, 9.17) is 13.9 Å². The number of furan rings is 1. The first kappa shape index (κ1) is 24.2. The molecule has 1 fully saturated rings. The molecule has 0 spiro atoms. The van der Waals surface area contributed by atoms with Gasteiger partial charge < -0.3 is 28.8 Å². The first-order valence-corrected chi connectivity index (χ1v) is 12.4. The van der Waals surface area contributed by atoms with Gasteiger partial charge in [-0.1, -0.05) is 48.5 Å². The lowest BCUT2D eigenvalue weighted by Crippen LogP contribution is -2.40. The third-order valence-electron chi connectivity index (χ3n) is 6.78. The van der Waals surface area contributed by atoms with Crippen molar-refractivity contribution in [3.05, 3.63) is 72.3 Å². The van der Waals surface area contributed by atoms with Crippen LogP contribution in [0.2, 0.25) is 0 Å². The van der Waals surface area contributed by atoms with E-state index in [2.05, 4.69) is 47.4 Å². The van der Waals surface area contributed by atoms with Gasteiger partial charge in [0.1, 0.15) is 24.0 Å². The van der Waals surface area contributed by atoms with Crippen molar-refractivity contribution in [1.29, 1.82) is 0 Å². The zero-order valence-corrected chi connectivity index (χ0v) is 20.7.